The van der Waals surface area contributed by atoms with E-state index in [1.165, 1.54) is 0 Å². The molecule has 0 heterocycles. The average Bonchev–Trinajstić information content (AvgIpc) is 2.54. The molecule has 0 atom stereocenters. The summed E-state index contributed by atoms with van der Waals surface area (Å²) in [6, 6.07) is 18.8. The van der Waals surface area contributed by atoms with Gasteiger partial charge in [0, 0.05) is 5.39 Å². The second-order valence-corrected chi connectivity index (χ2v) is 4.65. The van der Waals surface area contributed by atoms with Crippen molar-refractivity contribution in [3.63, 3.8) is 0 Å². The standard InChI is InChI=1S/C18H14N2O/c1-2-13-7-10-15(11-8-13)19-20-18-16-6-4-3-5-14(16)9-12-17(18)21/h2-12,21H,1H2. The minimum absolute atomic E-state index is 0.125. The number of hydrogen-bond acceptors (Lipinski definition) is 3. The third-order valence-electron chi connectivity index (χ3n) is 3.27. The van der Waals surface area contributed by atoms with E-state index in [1.807, 2.05) is 54.6 Å². The highest BCUT2D eigenvalue weighted by Crippen LogP contribution is 2.35. The van der Waals surface area contributed by atoms with Gasteiger partial charge >= 0.3 is 0 Å². The van der Waals surface area contributed by atoms with Crippen molar-refractivity contribution in [3.05, 3.63) is 72.8 Å². The van der Waals surface area contributed by atoms with Gasteiger partial charge in [-0.25, -0.2) is 0 Å². The lowest BCUT2D eigenvalue weighted by Gasteiger charge is -2.03. The minimum atomic E-state index is 0.125. The van der Waals surface area contributed by atoms with E-state index in [-0.39, 0.29) is 5.75 Å². The van der Waals surface area contributed by atoms with Crippen LogP contribution in [0.3, 0.4) is 0 Å². The van der Waals surface area contributed by atoms with Crippen LogP contribution in [0.2, 0.25) is 0 Å². The van der Waals surface area contributed by atoms with E-state index in [4.69, 9.17) is 0 Å². The fraction of sp³-hybridized carbons (Fsp3) is 0. The zero-order valence-electron chi connectivity index (χ0n) is 11.4. The third kappa shape index (κ3) is 2.67. The molecule has 3 heteroatoms. The molecular weight excluding hydrogens is 260 g/mol. The van der Waals surface area contributed by atoms with Crippen LogP contribution in [-0.4, -0.2) is 5.11 Å². The van der Waals surface area contributed by atoms with Gasteiger partial charge in [-0.15, -0.1) is 5.11 Å². The smallest absolute Gasteiger partial charge is 0.143 e. The molecule has 0 radical (unpaired) electrons. The van der Waals surface area contributed by atoms with Gasteiger partial charge in [-0.2, -0.15) is 5.11 Å². The molecule has 21 heavy (non-hydrogen) atoms. The monoisotopic (exact) mass is 274 g/mol. The lowest BCUT2D eigenvalue weighted by atomic mass is 10.1. The highest BCUT2D eigenvalue weighted by Gasteiger charge is 2.05. The van der Waals surface area contributed by atoms with E-state index in [1.54, 1.807) is 12.1 Å². The molecule has 0 aliphatic carbocycles. The van der Waals surface area contributed by atoms with Gasteiger partial charge in [0.25, 0.3) is 0 Å². The molecule has 102 valence electrons. The Labute approximate surface area is 122 Å². The molecule has 0 saturated heterocycles. The molecule has 1 N–H and O–H groups in total. The summed E-state index contributed by atoms with van der Waals surface area (Å²) in [6.45, 7) is 3.71. The van der Waals surface area contributed by atoms with Crippen molar-refractivity contribution in [1.82, 2.24) is 0 Å². The lowest BCUT2D eigenvalue weighted by molar-refractivity contribution is 0.477. The Morgan fingerprint density at radius 1 is 0.857 bits per heavy atom. The van der Waals surface area contributed by atoms with Gasteiger partial charge in [0.1, 0.15) is 11.4 Å². The van der Waals surface area contributed by atoms with Crippen molar-refractivity contribution in [1.29, 1.82) is 0 Å². The summed E-state index contributed by atoms with van der Waals surface area (Å²) >= 11 is 0. The first kappa shape index (κ1) is 13.1. The molecule has 0 spiro atoms. The number of hydrogen-bond donors (Lipinski definition) is 1. The van der Waals surface area contributed by atoms with Crippen LogP contribution < -0.4 is 0 Å². The van der Waals surface area contributed by atoms with E-state index >= 15 is 0 Å². The van der Waals surface area contributed by atoms with Crippen LogP contribution in [0.15, 0.2) is 77.5 Å². The summed E-state index contributed by atoms with van der Waals surface area (Å²) in [4.78, 5) is 0. The van der Waals surface area contributed by atoms with Crippen LogP contribution in [0, 0.1) is 0 Å². The maximum absolute atomic E-state index is 10.0. The van der Waals surface area contributed by atoms with Gasteiger partial charge in [0.05, 0.1) is 5.69 Å². The molecular formula is C18H14N2O. The first-order chi connectivity index (χ1) is 10.3. The fourth-order valence-electron chi connectivity index (χ4n) is 2.13. The largest absolute Gasteiger partial charge is 0.506 e. The SMILES string of the molecule is C=Cc1ccc(N=Nc2c(O)ccc3ccccc23)cc1. The molecule has 0 unspecified atom stereocenters. The maximum Gasteiger partial charge on any atom is 0.143 e. The first-order valence-corrected chi connectivity index (χ1v) is 6.63. The molecule has 0 amide bonds. The highest BCUT2D eigenvalue weighted by atomic mass is 16.3. The van der Waals surface area contributed by atoms with Crippen molar-refractivity contribution < 1.29 is 5.11 Å². The molecule has 0 fully saturated rings. The first-order valence-electron chi connectivity index (χ1n) is 6.63. The van der Waals surface area contributed by atoms with E-state index < -0.39 is 0 Å². The van der Waals surface area contributed by atoms with E-state index in [9.17, 15) is 5.11 Å². The summed E-state index contributed by atoms with van der Waals surface area (Å²) in [5, 5.41) is 20.3. The van der Waals surface area contributed by atoms with Crippen molar-refractivity contribution in [2.75, 3.05) is 0 Å². The topological polar surface area (TPSA) is 45.0 Å². The van der Waals surface area contributed by atoms with E-state index in [0.29, 0.717) is 5.69 Å². The Hall–Kier alpha value is -2.94. The summed E-state index contributed by atoms with van der Waals surface area (Å²) in [5.41, 5.74) is 2.25. The summed E-state index contributed by atoms with van der Waals surface area (Å²) < 4.78 is 0. The van der Waals surface area contributed by atoms with Crippen molar-refractivity contribution >= 4 is 28.2 Å². The van der Waals surface area contributed by atoms with Gasteiger partial charge in [-0.1, -0.05) is 55.1 Å². The van der Waals surface area contributed by atoms with Crippen LogP contribution >= 0.6 is 0 Å². The van der Waals surface area contributed by atoms with Crippen molar-refractivity contribution in [3.8, 4) is 5.75 Å². The van der Waals surface area contributed by atoms with Crippen LogP contribution in [0.25, 0.3) is 16.8 Å². The number of rotatable bonds is 3. The Morgan fingerprint density at radius 2 is 1.62 bits per heavy atom. The zero-order chi connectivity index (χ0) is 14.7. The third-order valence-corrected chi connectivity index (χ3v) is 3.27. The number of azo groups is 1. The van der Waals surface area contributed by atoms with Crippen LogP contribution in [0.1, 0.15) is 5.56 Å². The molecule has 0 saturated carbocycles. The van der Waals surface area contributed by atoms with Gasteiger partial charge in [0.15, 0.2) is 0 Å². The maximum atomic E-state index is 10.0. The van der Waals surface area contributed by atoms with Gasteiger partial charge < -0.3 is 5.11 Å². The van der Waals surface area contributed by atoms with E-state index in [0.717, 1.165) is 22.0 Å². The summed E-state index contributed by atoms with van der Waals surface area (Å²) in [6.07, 6.45) is 1.78. The van der Waals surface area contributed by atoms with Gasteiger partial charge in [-0.05, 0) is 29.1 Å². The van der Waals surface area contributed by atoms with Crippen LogP contribution in [-0.2, 0) is 0 Å². The highest BCUT2D eigenvalue weighted by molar-refractivity contribution is 5.95. The number of benzene rings is 3. The Balaban J connectivity index is 2.02. The van der Waals surface area contributed by atoms with Crippen LogP contribution in [0.5, 0.6) is 5.75 Å². The quantitative estimate of drug-likeness (QED) is 0.620. The Morgan fingerprint density at radius 3 is 2.38 bits per heavy atom. The van der Waals surface area contributed by atoms with Crippen molar-refractivity contribution in [2.24, 2.45) is 10.2 Å². The molecule has 0 aromatic heterocycles. The number of nitrogens with zero attached hydrogens (tertiary/aromatic N) is 2. The Bertz CT molecular complexity index is 820. The summed E-state index contributed by atoms with van der Waals surface area (Å²) in [5.74, 6) is 0.125. The zero-order valence-corrected chi connectivity index (χ0v) is 11.4. The number of phenolic OH excluding ortho intramolecular Hbond substituents is 1. The fourth-order valence-corrected chi connectivity index (χ4v) is 2.13. The molecule has 0 aliphatic rings. The van der Waals surface area contributed by atoms with E-state index in [2.05, 4.69) is 16.8 Å². The molecule has 3 aromatic carbocycles. The number of fused-ring (bicyclic) bond motifs is 1. The van der Waals surface area contributed by atoms with Gasteiger partial charge in [-0.3, -0.25) is 0 Å². The molecule has 3 rings (SSSR count). The second-order valence-electron chi connectivity index (χ2n) is 4.65. The second kappa shape index (κ2) is 5.59. The van der Waals surface area contributed by atoms with Crippen LogP contribution in [0.4, 0.5) is 11.4 Å². The van der Waals surface area contributed by atoms with Crippen molar-refractivity contribution in [2.45, 2.75) is 0 Å². The molecule has 3 nitrogen and oxygen atoms in total. The predicted molar refractivity (Wildman–Crippen MR) is 86.3 cm³/mol. The minimum Gasteiger partial charge on any atom is -0.506 e. The Kier molecular flexibility index (Phi) is 3.48. The normalized spacial score (nSPS) is 11.0. The molecule has 0 bridgehead atoms. The average molecular weight is 274 g/mol. The lowest BCUT2D eigenvalue weighted by Crippen LogP contribution is -1.75. The number of phenols is 1. The summed E-state index contributed by atoms with van der Waals surface area (Å²) in [7, 11) is 0. The van der Waals surface area contributed by atoms with Gasteiger partial charge in [0.2, 0.25) is 0 Å². The molecule has 0 aliphatic heterocycles. The number of aromatic hydroxyl groups is 1. The molecule has 3 aromatic rings. The predicted octanol–water partition coefficient (Wildman–Crippen LogP) is 5.60.